The van der Waals surface area contributed by atoms with E-state index in [0.717, 1.165) is 26.1 Å². The summed E-state index contributed by atoms with van der Waals surface area (Å²) in [4.78, 5) is 16.0. The van der Waals surface area contributed by atoms with Crippen LogP contribution in [0.15, 0.2) is 0 Å². The van der Waals surface area contributed by atoms with Crippen LogP contribution >= 0.6 is 0 Å². The summed E-state index contributed by atoms with van der Waals surface area (Å²) in [6.07, 6.45) is 1.03. The van der Waals surface area contributed by atoms with Crippen molar-refractivity contribution in [3.05, 3.63) is 5.82 Å². The zero-order valence-electron chi connectivity index (χ0n) is 9.55. The van der Waals surface area contributed by atoms with Gasteiger partial charge in [-0.15, -0.1) is 10.2 Å². The molecule has 1 aromatic heterocycles. The number of H-pyrrole nitrogens is 1. The van der Waals surface area contributed by atoms with Crippen molar-refractivity contribution in [1.29, 1.82) is 0 Å². The molecule has 0 saturated carbocycles. The summed E-state index contributed by atoms with van der Waals surface area (Å²) in [6.45, 7) is 4.48. The highest BCUT2D eigenvalue weighted by atomic mass is 16.2. The number of nitrogens with one attached hydrogen (secondary N) is 1. The number of carbonyl (C=O) groups excluding carboxylic acids is 1. The van der Waals surface area contributed by atoms with Crippen molar-refractivity contribution in [3.63, 3.8) is 0 Å². The molecule has 2 heterocycles. The van der Waals surface area contributed by atoms with Gasteiger partial charge in [-0.2, -0.15) is 5.21 Å². The van der Waals surface area contributed by atoms with Gasteiger partial charge in [0.2, 0.25) is 0 Å². The maximum Gasteiger partial charge on any atom is 0.295 e. The van der Waals surface area contributed by atoms with Crippen LogP contribution in [0.3, 0.4) is 0 Å². The number of rotatable bonds is 2. The number of likely N-dealkylation sites (N-methyl/N-ethyl adjacent to an activating group) is 1. The van der Waals surface area contributed by atoms with E-state index in [-0.39, 0.29) is 11.7 Å². The standard InChI is InChI=1S/C9H16N6O/c1-3-7-6-15(5-4-14(7)2)9(16)8-10-12-13-11-8/h7H,3-6H2,1-2H3,(H,10,11,12,13). The second kappa shape index (κ2) is 4.56. The number of aromatic nitrogens is 4. The second-order valence-corrected chi connectivity index (χ2v) is 4.03. The molecule has 1 aromatic rings. The molecule has 0 spiro atoms. The lowest BCUT2D eigenvalue weighted by molar-refractivity contribution is 0.0530. The molecule has 1 aliphatic heterocycles. The zero-order chi connectivity index (χ0) is 11.5. The van der Waals surface area contributed by atoms with E-state index < -0.39 is 0 Å². The number of hydrogen-bond donors (Lipinski definition) is 1. The van der Waals surface area contributed by atoms with Crippen molar-refractivity contribution in [3.8, 4) is 0 Å². The highest BCUT2D eigenvalue weighted by Gasteiger charge is 2.28. The Hall–Kier alpha value is -1.50. The van der Waals surface area contributed by atoms with Gasteiger partial charge in [0.1, 0.15) is 0 Å². The number of nitrogens with zero attached hydrogens (tertiary/aromatic N) is 5. The van der Waals surface area contributed by atoms with E-state index in [4.69, 9.17) is 0 Å². The Labute approximate surface area is 93.8 Å². The fourth-order valence-corrected chi connectivity index (χ4v) is 1.97. The molecule has 0 aromatic carbocycles. The molecule has 1 unspecified atom stereocenters. The summed E-state index contributed by atoms with van der Waals surface area (Å²) in [5.74, 6) is 0.0136. The smallest absolute Gasteiger partial charge is 0.295 e. The number of amides is 1. The Balaban J connectivity index is 2.03. The summed E-state index contributed by atoms with van der Waals surface area (Å²) in [6, 6.07) is 0.421. The fraction of sp³-hybridized carbons (Fsp3) is 0.778. The largest absolute Gasteiger partial charge is 0.333 e. The molecule has 16 heavy (non-hydrogen) atoms. The Bertz CT molecular complexity index is 351. The van der Waals surface area contributed by atoms with Crippen molar-refractivity contribution < 1.29 is 4.79 Å². The van der Waals surface area contributed by atoms with E-state index >= 15 is 0 Å². The first kappa shape index (κ1) is 11.0. The fourth-order valence-electron chi connectivity index (χ4n) is 1.97. The first-order valence-electron chi connectivity index (χ1n) is 5.45. The minimum Gasteiger partial charge on any atom is -0.333 e. The molecule has 1 saturated heterocycles. The van der Waals surface area contributed by atoms with Crippen LogP contribution < -0.4 is 0 Å². The third-order valence-corrected chi connectivity index (χ3v) is 3.07. The van der Waals surface area contributed by atoms with Crippen LogP contribution in [0.4, 0.5) is 0 Å². The summed E-state index contributed by atoms with van der Waals surface area (Å²) in [7, 11) is 2.09. The SMILES string of the molecule is CCC1CN(C(=O)c2nn[nH]n2)CCN1C. The van der Waals surface area contributed by atoms with E-state index in [1.165, 1.54) is 0 Å². The van der Waals surface area contributed by atoms with Crippen LogP contribution in [-0.2, 0) is 0 Å². The van der Waals surface area contributed by atoms with Gasteiger partial charge in [-0.05, 0) is 18.7 Å². The molecule has 0 bridgehead atoms. The maximum atomic E-state index is 12.0. The van der Waals surface area contributed by atoms with Crippen LogP contribution in [0.25, 0.3) is 0 Å². The van der Waals surface area contributed by atoms with E-state index in [2.05, 4.69) is 39.5 Å². The van der Waals surface area contributed by atoms with Crippen molar-refractivity contribution in [2.45, 2.75) is 19.4 Å². The third kappa shape index (κ3) is 2.04. The van der Waals surface area contributed by atoms with Gasteiger partial charge in [0.05, 0.1) is 0 Å². The predicted molar refractivity (Wildman–Crippen MR) is 56.8 cm³/mol. The Morgan fingerprint density at radius 3 is 3.00 bits per heavy atom. The van der Waals surface area contributed by atoms with Gasteiger partial charge in [0.25, 0.3) is 11.7 Å². The molecule has 1 fully saturated rings. The summed E-state index contributed by atoms with van der Waals surface area (Å²) < 4.78 is 0. The van der Waals surface area contributed by atoms with Gasteiger partial charge in [0.15, 0.2) is 0 Å². The van der Waals surface area contributed by atoms with Crippen LogP contribution in [0.2, 0.25) is 0 Å². The number of piperazine rings is 1. The van der Waals surface area contributed by atoms with E-state index in [9.17, 15) is 4.79 Å². The quantitative estimate of drug-likeness (QED) is 0.723. The van der Waals surface area contributed by atoms with Crippen LogP contribution in [0.5, 0.6) is 0 Å². The zero-order valence-corrected chi connectivity index (χ0v) is 9.55. The predicted octanol–water partition coefficient (Wildman–Crippen LogP) is -0.634. The molecular weight excluding hydrogens is 208 g/mol. The molecule has 1 atom stereocenters. The number of tetrazole rings is 1. The molecule has 88 valence electrons. The molecule has 7 nitrogen and oxygen atoms in total. The van der Waals surface area contributed by atoms with Gasteiger partial charge in [-0.1, -0.05) is 6.92 Å². The Morgan fingerprint density at radius 1 is 1.56 bits per heavy atom. The summed E-state index contributed by atoms with van der Waals surface area (Å²) in [5, 5.41) is 13.1. The van der Waals surface area contributed by atoms with Crippen molar-refractivity contribution >= 4 is 5.91 Å². The molecule has 1 amide bonds. The first-order valence-corrected chi connectivity index (χ1v) is 5.45. The van der Waals surface area contributed by atoms with E-state index in [1.54, 1.807) is 4.90 Å². The maximum absolute atomic E-state index is 12.0. The van der Waals surface area contributed by atoms with Crippen molar-refractivity contribution in [2.24, 2.45) is 0 Å². The van der Waals surface area contributed by atoms with Gasteiger partial charge in [-0.25, -0.2) is 0 Å². The molecule has 0 radical (unpaired) electrons. The monoisotopic (exact) mass is 224 g/mol. The van der Waals surface area contributed by atoms with Crippen molar-refractivity contribution in [2.75, 3.05) is 26.7 Å². The van der Waals surface area contributed by atoms with Crippen LogP contribution in [0.1, 0.15) is 24.0 Å². The number of aromatic amines is 1. The molecule has 1 N–H and O–H groups in total. The minimum atomic E-state index is -0.139. The highest BCUT2D eigenvalue weighted by molar-refractivity contribution is 5.90. The summed E-state index contributed by atoms with van der Waals surface area (Å²) >= 11 is 0. The third-order valence-electron chi connectivity index (χ3n) is 3.07. The topological polar surface area (TPSA) is 78.0 Å². The highest BCUT2D eigenvalue weighted by Crippen LogP contribution is 2.12. The van der Waals surface area contributed by atoms with Crippen LogP contribution in [-0.4, -0.2) is 69.1 Å². The number of carbonyl (C=O) groups is 1. The normalized spacial score (nSPS) is 22.4. The molecule has 0 aliphatic carbocycles. The minimum absolute atomic E-state index is 0.139. The van der Waals surface area contributed by atoms with Crippen LogP contribution in [0, 0.1) is 0 Å². The molecule has 2 rings (SSSR count). The lowest BCUT2D eigenvalue weighted by Gasteiger charge is -2.38. The van der Waals surface area contributed by atoms with Gasteiger partial charge in [-0.3, -0.25) is 9.69 Å². The molecular formula is C9H16N6O. The molecule has 7 heteroatoms. The Kier molecular flexibility index (Phi) is 3.14. The lowest BCUT2D eigenvalue weighted by Crippen LogP contribution is -2.53. The van der Waals surface area contributed by atoms with E-state index in [0.29, 0.717) is 6.04 Å². The summed E-state index contributed by atoms with van der Waals surface area (Å²) in [5.41, 5.74) is 0. The first-order chi connectivity index (χ1) is 7.72. The van der Waals surface area contributed by atoms with Gasteiger partial charge in [0, 0.05) is 25.7 Å². The number of hydrogen-bond acceptors (Lipinski definition) is 5. The molecule has 1 aliphatic rings. The van der Waals surface area contributed by atoms with Gasteiger partial charge >= 0.3 is 0 Å². The second-order valence-electron chi connectivity index (χ2n) is 4.03. The Morgan fingerprint density at radius 2 is 2.38 bits per heavy atom. The van der Waals surface area contributed by atoms with Gasteiger partial charge < -0.3 is 4.90 Å². The van der Waals surface area contributed by atoms with E-state index in [1.807, 2.05) is 0 Å². The average molecular weight is 224 g/mol. The average Bonchev–Trinajstić information content (AvgIpc) is 2.82. The van der Waals surface area contributed by atoms with Crippen molar-refractivity contribution in [1.82, 2.24) is 30.4 Å². The lowest BCUT2D eigenvalue weighted by atomic mass is 10.1.